The molecule has 1 aliphatic heterocycles. The van der Waals surface area contributed by atoms with Gasteiger partial charge in [0.15, 0.2) is 0 Å². The van der Waals surface area contributed by atoms with Crippen LogP contribution in [0.1, 0.15) is 0 Å². The van der Waals surface area contributed by atoms with E-state index in [4.69, 9.17) is 18.9 Å². The van der Waals surface area contributed by atoms with Gasteiger partial charge in [0.05, 0.1) is 0 Å². The van der Waals surface area contributed by atoms with Crippen molar-refractivity contribution in [1.29, 1.82) is 0 Å². The maximum Gasteiger partial charge on any atom is 0.146 e. The first-order valence-electron chi connectivity index (χ1n) is 14.0. The highest BCUT2D eigenvalue weighted by Gasteiger charge is 2.19. The second kappa shape index (κ2) is 11.6. The number of hydrogen-bond acceptors (Lipinski definition) is 6. The summed E-state index contributed by atoms with van der Waals surface area (Å²) in [4.78, 5) is 0. The molecule has 0 fully saturated rings. The van der Waals surface area contributed by atoms with Crippen LogP contribution in [0.4, 0.5) is 11.4 Å². The van der Waals surface area contributed by atoms with Gasteiger partial charge in [-0.2, -0.15) is 0 Å². The fourth-order valence-corrected chi connectivity index (χ4v) is 5.30. The monoisotopic (exact) mass is 552 g/mol. The van der Waals surface area contributed by atoms with E-state index in [1.54, 1.807) is 0 Å². The first-order valence-corrected chi connectivity index (χ1v) is 14.0. The van der Waals surface area contributed by atoms with Crippen molar-refractivity contribution < 1.29 is 18.9 Å². The molecule has 0 aliphatic carbocycles. The highest BCUT2D eigenvalue weighted by Crippen LogP contribution is 2.45. The minimum atomic E-state index is 0.331. The van der Waals surface area contributed by atoms with Gasteiger partial charge in [-0.1, -0.05) is 84.9 Å². The van der Waals surface area contributed by atoms with Gasteiger partial charge >= 0.3 is 0 Å². The van der Waals surface area contributed by atoms with Crippen molar-refractivity contribution in [2.24, 2.45) is 10.2 Å². The van der Waals surface area contributed by atoms with Gasteiger partial charge < -0.3 is 18.9 Å². The molecule has 0 aromatic heterocycles. The van der Waals surface area contributed by atoms with Crippen LogP contribution in [0.5, 0.6) is 23.0 Å². The Kier molecular flexibility index (Phi) is 7.09. The second-order valence-electron chi connectivity index (χ2n) is 9.85. The molecule has 6 nitrogen and oxygen atoms in total. The Hall–Kier alpha value is -5.36. The standard InChI is InChI=1S/C36H28N2O4/c1-3-11-27-25(9-1)17-19-33-35(27)36-28-12-4-2-10-26(28)18-20-34(36)42-24-22-40-32-16-8-6-14-30(32)38-37-29-13-5-7-15-31(29)39-21-23-41-33/h1-20H,21-24H2. The summed E-state index contributed by atoms with van der Waals surface area (Å²) in [6.45, 7) is 1.34. The summed E-state index contributed by atoms with van der Waals surface area (Å²) in [7, 11) is 0. The average Bonchev–Trinajstić information content (AvgIpc) is 3.04. The fraction of sp³-hybridized carbons (Fsp3) is 0.111. The molecule has 1 heterocycles. The Labute approximate surface area is 243 Å². The fourth-order valence-electron chi connectivity index (χ4n) is 5.30. The maximum atomic E-state index is 6.45. The molecule has 0 unspecified atom stereocenters. The van der Waals surface area contributed by atoms with Gasteiger partial charge in [-0.05, 0) is 57.9 Å². The molecule has 6 heteroatoms. The smallest absolute Gasteiger partial charge is 0.146 e. The molecule has 0 spiro atoms. The molecule has 0 saturated heterocycles. The van der Waals surface area contributed by atoms with Crippen molar-refractivity contribution in [3.63, 3.8) is 0 Å². The lowest BCUT2D eigenvalue weighted by Crippen LogP contribution is -2.11. The Morgan fingerprint density at radius 2 is 0.738 bits per heavy atom. The molecule has 0 bridgehead atoms. The number of azo groups is 1. The van der Waals surface area contributed by atoms with Gasteiger partial charge in [-0.15, -0.1) is 10.2 Å². The summed E-state index contributed by atoms with van der Waals surface area (Å²) >= 11 is 0. The van der Waals surface area contributed by atoms with E-state index in [-0.39, 0.29) is 0 Å². The zero-order valence-electron chi connectivity index (χ0n) is 22.9. The minimum Gasteiger partial charge on any atom is -0.489 e. The van der Waals surface area contributed by atoms with Crippen molar-refractivity contribution in [2.75, 3.05) is 26.4 Å². The van der Waals surface area contributed by atoms with E-state index < -0.39 is 0 Å². The lowest BCUT2D eigenvalue weighted by Gasteiger charge is -2.20. The van der Waals surface area contributed by atoms with Crippen LogP contribution in [0.15, 0.2) is 132 Å². The van der Waals surface area contributed by atoms with E-state index >= 15 is 0 Å². The van der Waals surface area contributed by atoms with Crippen LogP contribution in [0.2, 0.25) is 0 Å². The molecule has 0 saturated carbocycles. The van der Waals surface area contributed by atoms with Gasteiger partial charge in [0.2, 0.25) is 0 Å². The Morgan fingerprint density at radius 1 is 0.357 bits per heavy atom. The number of benzene rings is 6. The zero-order chi connectivity index (χ0) is 28.1. The lowest BCUT2D eigenvalue weighted by atomic mass is 9.92. The van der Waals surface area contributed by atoms with E-state index in [0.29, 0.717) is 49.3 Å². The molecule has 42 heavy (non-hydrogen) atoms. The number of rotatable bonds is 0. The molecule has 0 N–H and O–H groups in total. The Balaban J connectivity index is 1.36. The molecule has 206 valence electrons. The molecule has 7 rings (SSSR count). The maximum absolute atomic E-state index is 6.45. The van der Waals surface area contributed by atoms with E-state index in [0.717, 1.165) is 44.2 Å². The van der Waals surface area contributed by atoms with E-state index in [9.17, 15) is 0 Å². The van der Waals surface area contributed by atoms with E-state index in [1.807, 2.05) is 60.7 Å². The zero-order valence-corrected chi connectivity index (χ0v) is 22.9. The van der Waals surface area contributed by atoms with Crippen molar-refractivity contribution >= 4 is 32.9 Å². The topological polar surface area (TPSA) is 61.6 Å². The molecular weight excluding hydrogens is 524 g/mol. The quantitative estimate of drug-likeness (QED) is 0.188. The largest absolute Gasteiger partial charge is 0.489 e. The third-order valence-corrected chi connectivity index (χ3v) is 7.22. The van der Waals surface area contributed by atoms with Gasteiger partial charge in [0, 0.05) is 11.1 Å². The van der Waals surface area contributed by atoms with Gasteiger partial charge in [0.25, 0.3) is 0 Å². The van der Waals surface area contributed by atoms with Gasteiger partial charge in [-0.25, -0.2) is 0 Å². The third-order valence-electron chi connectivity index (χ3n) is 7.22. The van der Waals surface area contributed by atoms with E-state index in [2.05, 4.69) is 70.9 Å². The van der Waals surface area contributed by atoms with Crippen molar-refractivity contribution in [3.8, 4) is 34.1 Å². The van der Waals surface area contributed by atoms with Gasteiger partial charge in [0.1, 0.15) is 60.8 Å². The summed E-state index contributed by atoms with van der Waals surface area (Å²) < 4.78 is 25.2. The number of fused-ring (bicyclic) bond motifs is 9. The van der Waals surface area contributed by atoms with Crippen LogP contribution in [-0.2, 0) is 0 Å². The Morgan fingerprint density at radius 3 is 1.21 bits per heavy atom. The predicted octanol–water partition coefficient (Wildman–Crippen LogP) is 9.30. The van der Waals surface area contributed by atoms with Crippen LogP contribution < -0.4 is 18.9 Å². The normalized spacial score (nSPS) is 13.5. The summed E-state index contributed by atoms with van der Waals surface area (Å²) in [5, 5.41) is 13.4. The highest BCUT2D eigenvalue weighted by atomic mass is 16.5. The summed E-state index contributed by atoms with van der Waals surface area (Å²) in [6, 6.07) is 40.1. The van der Waals surface area contributed by atoms with E-state index in [1.165, 1.54) is 0 Å². The number of hydrogen-bond donors (Lipinski definition) is 0. The van der Waals surface area contributed by atoms with Crippen LogP contribution in [0.25, 0.3) is 32.7 Å². The summed E-state index contributed by atoms with van der Waals surface area (Å²) in [5.41, 5.74) is 3.23. The predicted molar refractivity (Wildman–Crippen MR) is 166 cm³/mol. The second-order valence-corrected chi connectivity index (χ2v) is 9.85. The van der Waals surface area contributed by atoms with Crippen molar-refractivity contribution in [1.82, 2.24) is 0 Å². The summed E-state index contributed by atoms with van der Waals surface area (Å²) in [6.07, 6.45) is 0. The molecule has 0 amide bonds. The number of ether oxygens (including phenoxy) is 4. The number of para-hydroxylation sites is 2. The third kappa shape index (κ3) is 5.10. The first-order chi connectivity index (χ1) is 20.8. The van der Waals surface area contributed by atoms with Crippen molar-refractivity contribution in [2.45, 2.75) is 0 Å². The van der Waals surface area contributed by atoms with Crippen LogP contribution in [0, 0.1) is 0 Å². The van der Waals surface area contributed by atoms with Crippen molar-refractivity contribution in [3.05, 3.63) is 121 Å². The molecule has 6 aromatic carbocycles. The number of nitrogens with zero attached hydrogens (tertiary/aromatic N) is 2. The summed E-state index contributed by atoms with van der Waals surface area (Å²) in [5.74, 6) is 2.79. The Bertz CT molecular complexity index is 1780. The average molecular weight is 553 g/mol. The van der Waals surface area contributed by atoms with Gasteiger partial charge in [-0.3, -0.25) is 0 Å². The highest BCUT2D eigenvalue weighted by molar-refractivity contribution is 6.09. The molecule has 6 aromatic rings. The first kappa shape index (κ1) is 25.6. The van der Waals surface area contributed by atoms with Crippen LogP contribution >= 0.6 is 0 Å². The molecule has 1 aliphatic rings. The SMILES string of the molecule is c1ccc2c(c1)N=Nc1ccccc1OCCOc1ccc3ccccc3c1-c1c(ccc3ccccc13)OCCO2. The minimum absolute atomic E-state index is 0.331. The lowest BCUT2D eigenvalue weighted by molar-refractivity contribution is 0.216. The van der Waals surface area contributed by atoms with Crippen LogP contribution in [-0.4, -0.2) is 26.4 Å². The molecular formula is C36H28N2O4. The molecule has 0 radical (unpaired) electrons. The van der Waals surface area contributed by atoms with Crippen LogP contribution in [0.3, 0.4) is 0 Å². The molecule has 0 atom stereocenters.